The van der Waals surface area contributed by atoms with Crippen LogP contribution >= 0.6 is 11.8 Å². The van der Waals surface area contributed by atoms with Crippen LogP contribution in [0, 0.1) is 0 Å². The SMILES string of the molecule is NC(=O)N1C=CCCC1SC1CCCCC1. The van der Waals surface area contributed by atoms with Gasteiger partial charge in [-0.05, 0) is 25.7 Å². The van der Waals surface area contributed by atoms with Gasteiger partial charge in [-0.15, -0.1) is 11.8 Å². The summed E-state index contributed by atoms with van der Waals surface area (Å²) in [4.78, 5) is 13.0. The van der Waals surface area contributed by atoms with Crippen molar-refractivity contribution >= 4 is 17.8 Å². The number of hydrogen-bond donors (Lipinski definition) is 1. The van der Waals surface area contributed by atoms with Gasteiger partial charge in [0.25, 0.3) is 0 Å². The number of allylic oxidation sites excluding steroid dienone is 1. The summed E-state index contributed by atoms with van der Waals surface area (Å²) in [5.74, 6) is 0. The fraction of sp³-hybridized carbons (Fsp3) is 0.750. The van der Waals surface area contributed by atoms with Crippen LogP contribution in [0.1, 0.15) is 44.9 Å². The Labute approximate surface area is 101 Å². The molecule has 1 aliphatic carbocycles. The number of carbonyl (C=O) groups excluding carboxylic acids is 1. The van der Waals surface area contributed by atoms with Crippen molar-refractivity contribution in [3.05, 3.63) is 12.3 Å². The topological polar surface area (TPSA) is 46.3 Å². The molecule has 0 aromatic carbocycles. The molecule has 0 saturated heterocycles. The summed E-state index contributed by atoms with van der Waals surface area (Å²) in [5, 5.41) is 0.998. The van der Waals surface area contributed by atoms with Crippen LogP contribution in [0.4, 0.5) is 4.79 Å². The van der Waals surface area contributed by atoms with Crippen molar-refractivity contribution in [2.45, 2.75) is 55.6 Å². The van der Waals surface area contributed by atoms with E-state index in [1.807, 2.05) is 24.0 Å². The molecule has 2 N–H and O–H groups in total. The lowest BCUT2D eigenvalue weighted by Crippen LogP contribution is -2.40. The molecule has 2 aliphatic rings. The predicted octanol–water partition coefficient (Wildman–Crippen LogP) is 3.07. The van der Waals surface area contributed by atoms with Crippen molar-refractivity contribution in [1.82, 2.24) is 4.90 Å². The maximum atomic E-state index is 11.3. The molecule has 4 heteroatoms. The number of nitrogens with zero attached hydrogens (tertiary/aromatic N) is 1. The minimum atomic E-state index is -0.316. The first-order chi connectivity index (χ1) is 7.77. The Bertz CT molecular complexity index is 274. The highest BCUT2D eigenvalue weighted by Gasteiger charge is 2.26. The average molecular weight is 240 g/mol. The highest BCUT2D eigenvalue weighted by atomic mass is 32.2. The largest absolute Gasteiger partial charge is 0.351 e. The van der Waals surface area contributed by atoms with E-state index in [-0.39, 0.29) is 11.4 Å². The third kappa shape index (κ3) is 2.94. The number of nitrogens with two attached hydrogens (primary N) is 1. The van der Waals surface area contributed by atoms with Crippen molar-refractivity contribution < 1.29 is 4.79 Å². The van der Waals surface area contributed by atoms with Gasteiger partial charge in [-0.2, -0.15) is 0 Å². The highest BCUT2D eigenvalue weighted by Crippen LogP contribution is 2.35. The molecule has 1 heterocycles. The molecule has 0 aromatic heterocycles. The lowest BCUT2D eigenvalue weighted by molar-refractivity contribution is 0.218. The van der Waals surface area contributed by atoms with Crippen molar-refractivity contribution in [3.8, 4) is 0 Å². The first kappa shape index (κ1) is 11.8. The standard InChI is InChI=1S/C12H20N2OS/c13-12(15)14-9-5-4-8-11(14)16-10-6-2-1-3-7-10/h5,9-11H,1-4,6-8H2,(H2,13,15). The second kappa shape index (κ2) is 5.62. The second-order valence-corrected chi connectivity index (χ2v) is 6.04. The van der Waals surface area contributed by atoms with E-state index in [2.05, 4.69) is 0 Å². The van der Waals surface area contributed by atoms with Gasteiger partial charge in [0.15, 0.2) is 0 Å². The quantitative estimate of drug-likeness (QED) is 0.806. The van der Waals surface area contributed by atoms with Gasteiger partial charge in [0, 0.05) is 11.4 Å². The molecule has 1 fully saturated rings. The zero-order chi connectivity index (χ0) is 11.4. The summed E-state index contributed by atoms with van der Waals surface area (Å²) in [6.07, 6.45) is 12.7. The molecule has 1 atom stereocenters. The molecule has 0 radical (unpaired) electrons. The molecule has 3 nitrogen and oxygen atoms in total. The zero-order valence-electron chi connectivity index (χ0n) is 9.60. The molecular weight excluding hydrogens is 220 g/mol. The number of carbonyl (C=O) groups is 1. The van der Waals surface area contributed by atoms with E-state index in [0.717, 1.165) is 18.1 Å². The molecule has 0 aromatic rings. The molecule has 1 unspecified atom stereocenters. The van der Waals surface area contributed by atoms with Crippen LogP contribution in [-0.2, 0) is 0 Å². The lowest BCUT2D eigenvalue weighted by atomic mass is 10.0. The van der Waals surface area contributed by atoms with Gasteiger partial charge in [0.1, 0.15) is 0 Å². The number of hydrogen-bond acceptors (Lipinski definition) is 2. The van der Waals surface area contributed by atoms with E-state index < -0.39 is 0 Å². The summed E-state index contributed by atoms with van der Waals surface area (Å²) >= 11 is 1.95. The van der Waals surface area contributed by atoms with Crippen molar-refractivity contribution in [1.29, 1.82) is 0 Å². The van der Waals surface area contributed by atoms with E-state index in [1.54, 1.807) is 4.90 Å². The van der Waals surface area contributed by atoms with Gasteiger partial charge < -0.3 is 5.73 Å². The van der Waals surface area contributed by atoms with Crippen LogP contribution in [0.3, 0.4) is 0 Å². The Morgan fingerprint density at radius 2 is 2.00 bits per heavy atom. The average Bonchev–Trinajstić information content (AvgIpc) is 2.31. The Balaban J connectivity index is 1.91. The second-order valence-electron chi connectivity index (χ2n) is 4.56. The van der Waals surface area contributed by atoms with Crippen LogP contribution < -0.4 is 5.73 Å². The monoisotopic (exact) mass is 240 g/mol. The minimum Gasteiger partial charge on any atom is -0.351 e. The molecule has 2 amide bonds. The number of urea groups is 1. The van der Waals surface area contributed by atoms with E-state index >= 15 is 0 Å². The molecule has 2 rings (SSSR count). The first-order valence-corrected chi connectivity index (χ1v) is 7.11. The van der Waals surface area contributed by atoms with Crippen LogP contribution in [0.15, 0.2) is 12.3 Å². The molecule has 0 spiro atoms. The van der Waals surface area contributed by atoms with Gasteiger partial charge in [0.2, 0.25) is 0 Å². The third-order valence-corrected chi connectivity index (χ3v) is 4.95. The molecule has 0 bridgehead atoms. The van der Waals surface area contributed by atoms with Crippen LogP contribution in [0.25, 0.3) is 0 Å². The van der Waals surface area contributed by atoms with Gasteiger partial charge in [-0.1, -0.05) is 25.3 Å². The lowest BCUT2D eigenvalue weighted by Gasteiger charge is -2.33. The Morgan fingerprint density at radius 3 is 2.69 bits per heavy atom. The Morgan fingerprint density at radius 1 is 1.25 bits per heavy atom. The summed E-state index contributed by atoms with van der Waals surface area (Å²) < 4.78 is 0. The van der Waals surface area contributed by atoms with Crippen molar-refractivity contribution in [2.24, 2.45) is 5.73 Å². The van der Waals surface area contributed by atoms with Crippen molar-refractivity contribution in [3.63, 3.8) is 0 Å². The molecule has 1 aliphatic heterocycles. The number of thioether (sulfide) groups is 1. The fourth-order valence-electron chi connectivity index (χ4n) is 2.43. The normalized spacial score (nSPS) is 27.0. The smallest absolute Gasteiger partial charge is 0.319 e. The summed E-state index contributed by atoms with van der Waals surface area (Å²) in [5.41, 5.74) is 5.39. The van der Waals surface area contributed by atoms with Crippen LogP contribution in [0.2, 0.25) is 0 Å². The predicted molar refractivity (Wildman–Crippen MR) is 68.0 cm³/mol. The maximum Gasteiger partial charge on any atom is 0.319 e. The van der Waals surface area contributed by atoms with Gasteiger partial charge in [-0.3, -0.25) is 4.90 Å². The van der Waals surface area contributed by atoms with Crippen molar-refractivity contribution in [2.75, 3.05) is 0 Å². The summed E-state index contributed by atoms with van der Waals surface area (Å²) in [7, 11) is 0. The van der Waals surface area contributed by atoms with Gasteiger partial charge in [-0.25, -0.2) is 4.79 Å². The first-order valence-electron chi connectivity index (χ1n) is 6.17. The van der Waals surface area contributed by atoms with E-state index in [9.17, 15) is 4.79 Å². The highest BCUT2D eigenvalue weighted by molar-refractivity contribution is 8.00. The molecule has 90 valence electrons. The number of amides is 2. The summed E-state index contributed by atoms with van der Waals surface area (Å²) in [6, 6.07) is -0.316. The molecular formula is C12H20N2OS. The number of primary amides is 1. The maximum absolute atomic E-state index is 11.3. The van der Waals surface area contributed by atoms with E-state index in [4.69, 9.17) is 5.73 Å². The Hall–Kier alpha value is -0.640. The van der Waals surface area contributed by atoms with Crippen LogP contribution in [-0.4, -0.2) is 21.6 Å². The van der Waals surface area contributed by atoms with E-state index in [0.29, 0.717) is 0 Å². The number of rotatable bonds is 2. The van der Waals surface area contributed by atoms with E-state index in [1.165, 1.54) is 32.1 Å². The Kier molecular flexibility index (Phi) is 4.16. The van der Waals surface area contributed by atoms with Crippen LogP contribution in [0.5, 0.6) is 0 Å². The molecule has 1 saturated carbocycles. The third-order valence-electron chi connectivity index (χ3n) is 3.31. The fourth-order valence-corrected chi connectivity index (χ4v) is 4.06. The zero-order valence-corrected chi connectivity index (χ0v) is 10.4. The van der Waals surface area contributed by atoms with Gasteiger partial charge in [0.05, 0.1) is 5.37 Å². The summed E-state index contributed by atoms with van der Waals surface area (Å²) in [6.45, 7) is 0. The minimum absolute atomic E-state index is 0.269. The van der Waals surface area contributed by atoms with Gasteiger partial charge >= 0.3 is 6.03 Å². The molecule has 16 heavy (non-hydrogen) atoms.